The molecular weight excluding hydrogens is 333 g/mol. The van der Waals surface area contributed by atoms with Gasteiger partial charge in [-0.1, -0.05) is 11.6 Å². The van der Waals surface area contributed by atoms with Crippen LogP contribution in [0.4, 0.5) is 4.39 Å². The fourth-order valence-corrected chi connectivity index (χ4v) is 2.02. The van der Waals surface area contributed by atoms with Gasteiger partial charge in [0.05, 0.1) is 5.02 Å². The molecule has 10 heavy (non-hydrogen) atoms. The third-order valence-electron chi connectivity index (χ3n) is 0.949. The summed E-state index contributed by atoms with van der Waals surface area (Å²) in [5, 5.41) is 0.557. The van der Waals surface area contributed by atoms with Crippen molar-refractivity contribution in [2.24, 2.45) is 0 Å². The van der Waals surface area contributed by atoms with E-state index in [-0.39, 0.29) is 5.82 Å². The maximum atomic E-state index is 12.5. The second-order valence-corrected chi connectivity index (χ2v) is 4.08. The Morgan fingerprint density at radius 2 is 2.10 bits per heavy atom. The molecule has 0 aliphatic carbocycles. The zero-order valence-corrected chi connectivity index (χ0v) is 9.17. The Balaban J connectivity index is 3.31. The Bertz CT molecular complexity index is 241. The molecule has 0 aromatic heterocycles. The number of hydrogen-bond acceptors (Lipinski definition) is 0. The molecule has 4 heteroatoms. The standard InChI is InChI=1S/C6H2BrClFI/c7-4-1-3(9)2-5(10)6(4)8/h1-2H. The Morgan fingerprint density at radius 1 is 1.50 bits per heavy atom. The molecule has 0 unspecified atom stereocenters. The molecule has 0 spiro atoms. The topological polar surface area (TPSA) is 0 Å². The summed E-state index contributed by atoms with van der Waals surface area (Å²) in [6.07, 6.45) is 0. The van der Waals surface area contributed by atoms with Crippen molar-refractivity contribution in [1.82, 2.24) is 0 Å². The van der Waals surface area contributed by atoms with Gasteiger partial charge in [0, 0.05) is 8.04 Å². The van der Waals surface area contributed by atoms with E-state index >= 15 is 0 Å². The SMILES string of the molecule is Fc1cc(Br)c(Cl)c(I)c1. The van der Waals surface area contributed by atoms with Gasteiger partial charge in [-0.2, -0.15) is 0 Å². The van der Waals surface area contributed by atoms with Crippen molar-refractivity contribution in [2.75, 3.05) is 0 Å². The molecule has 0 N–H and O–H groups in total. The Hall–Kier alpha value is 0.650. The zero-order chi connectivity index (χ0) is 7.72. The van der Waals surface area contributed by atoms with Gasteiger partial charge in [0.25, 0.3) is 0 Å². The van der Waals surface area contributed by atoms with E-state index in [1.54, 1.807) is 0 Å². The third-order valence-corrected chi connectivity index (χ3v) is 3.38. The number of hydrogen-bond donors (Lipinski definition) is 0. The maximum Gasteiger partial charge on any atom is 0.125 e. The van der Waals surface area contributed by atoms with Crippen LogP contribution in [0.25, 0.3) is 0 Å². The van der Waals surface area contributed by atoms with Gasteiger partial charge in [0.15, 0.2) is 0 Å². The molecule has 0 atom stereocenters. The van der Waals surface area contributed by atoms with Gasteiger partial charge >= 0.3 is 0 Å². The van der Waals surface area contributed by atoms with Crippen molar-refractivity contribution in [2.45, 2.75) is 0 Å². The van der Waals surface area contributed by atoms with Gasteiger partial charge in [0.2, 0.25) is 0 Å². The van der Waals surface area contributed by atoms with Crippen molar-refractivity contribution < 1.29 is 4.39 Å². The predicted molar refractivity (Wildman–Crippen MR) is 51.8 cm³/mol. The van der Waals surface area contributed by atoms with Gasteiger partial charge < -0.3 is 0 Å². The normalized spacial score (nSPS) is 10.0. The van der Waals surface area contributed by atoms with Crippen molar-refractivity contribution in [3.8, 4) is 0 Å². The van der Waals surface area contributed by atoms with E-state index in [2.05, 4.69) is 15.9 Å². The lowest BCUT2D eigenvalue weighted by molar-refractivity contribution is 0.626. The first-order valence-corrected chi connectivity index (χ1v) is 4.66. The highest BCUT2D eigenvalue weighted by molar-refractivity contribution is 14.1. The van der Waals surface area contributed by atoms with E-state index in [4.69, 9.17) is 11.6 Å². The lowest BCUT2D eigenvalue weighted by atomic mass is 10.3. The minimum Gasteiger partial charge on any atom is -0.207 e. The van der Waals surface area contributed by atoms with Crippen molar-refractivity contribution in [3.05, 3.63) is 31.0 Å². The van der Waals surface area contributed by atoms with Gasteiger partial charge in [-0.15, -0.1) is 0 Å². The number of benzene rings is 1. The van der Waals surface area contributed by atoms with E-state index in [1.165, 1.54) is 12.1 Å². The largest absolute Gasteiger partial charge is 0.207 e. The van der Waals surface area contributed by atoms with E-state index in [0.29, 0.717) is 13.1 Å². The van der Waals surface area contributed by atoms with Crippen LogP contribution in [0.15, 0.2) is 16.6 Å². The second-order valence-electron chi connectivity index (χ2n) is 1.68. The van der Waals surface area contributed by atoms with Crippen molar-refractivity contribution in [1.29, 1.82) is 0 Å². The minimum atomic E-state index is -0.277. The molecular formula is C6H2BrClFI. The fraction of sp³-hybridized carbons (Fsp3) is 0. The molecule has 0 fully saturated rings. The summed E-state index contributed by atoms with van der Waals surface area (Å²) in [5.41, 5.74) is 0. The Labute approximate surface area is 85.0 Å². The lowest BCUT2D eigenvalue weighted by Gasteiger charge is -1.97. The van der Waals surface area contributed by atoms with Crippen LogP contribution in [0.1, 0.15) is 0 Å². The summed E-state index contributed by atoms with van der Waals surface area (Å²) < 4.78 is 13.8. The average molecular weight is 335 g/mol. The molecule has 0 bridgehead atoms. The van der Waals surface area contributed by atoms with Crippen LogP contribution < -0.4 is 0 Å². The molecule has 0 saturated carbocycles. The number of rotatable bonds is 0. The van der Waals surface area contributed by atoms with E-state index in [0.717, 1.165) is 0 Å². The van der Waals surface area contributed by atoms with Crippen LogP contribution in [-0.4, -0.2) is 0 Å². The molecule has 0 amide bonds. The second kappa shape index (κ2) is 3.36. The summed E-state index contributed by atoms with van der Waals surface area (Å²) in [4.78, 5) is 0. The quantitative estimate of drug-likeness (QED) is 0.384. The third kappa shape index (κ3) is 1.83. The van der Waals surface area contributed by atoms with Gasteiger partial charge in [0.1, 0.15) is 5.82 Å². The van der Waals surface area contributed by atoms with Crippen molar-refractivity contribution >= 4 is 50.1 Å². The van der Waals surface area contributed by atoms with Crippen LogP contribution in [0, 0.1) is 9.39 Å². The van der Waals surface area contributed by atoms with Gasteiger partial charge in [-0.05, 0) is 50.7 Å². The van der Waals surface area contributed by atoms with Crippen molar-refractivity contribution in [3.63, 3.8) is 0 Å². The molecule has 0 aliphatic rings. The highest BCUT2D eigenvalue weighted by atomic mass is 127. The molecule has 0 radical (unpaired) electrons. The fourth-order valence-electron chi connectivity index (χ4n) is 0.525. The summed E-state index contributed by atoms with van der Waals surface area (Å²) >= 11 is 10.8. The lowest BCUT2D eigenvalue weighted by Crippen LogP contribution is -1.79. The minimum absolute atomic E-state index is 0.277. The first-order chi connectivity index (χ1) is 4.61. The Kier molecular flexibility index (Phi) is 2.94. The van der Waals surface area contributed by atoms with Crippen LogP contribution in [-0.2, 0) is 0 Å². The van der Waals surface area contributed by atoms with Crippen LogP contribution >= 0.6 is 50.1 Å². The number of halogens is 4. The Morgan fingerprint density at radius 3 is 2.60 bits per heavy atom. The monoisotopic (exact) mass is 334 g/mol. The van der Waals surface area contributed by atoms with E-state index in [1.807, 2.05) is 22.6 Å². The predicted octanol–water partition coefficient (Wildman–Crippen LogP) is 3.85. The van der Waals surface area contributed by atoms with Gasteiger partial charge in [-0.3, -0.25) is 0 Å². The summed E-state index contributed by atoms with van der Waals surface area (Å²) in [6.45, 7) is 0. The highest BCUT2D eigenvalue weighted by Gasteiger charge is 2.03. The zero-order valence-electron chi connectivity index (χ0n) is 4.67. The van der Waals surface area contributed by atoms with E-state index < -0.39 is 0 Å². The first-order valence-electron chi connectivity index (χ1n) is 2.41. The van der Waals surface area contributed by atoms with Gasteiger partial charge in [-0.25, -0.2) is 4.39 Å². The summed E-state index contributed by atoms with van der Waals surface area (Å²) in [5.74, 6) is -0.277. The summed E-state index contributed by atoms with van der Waals surface area (Å²) in [6, 6.07) is 2.72. The maximum absolute atomic E-state index is 12.5. The average Bonchev–Trinajstić information content (AvgIpc) is 1.82. The summed E-state index contributed by atoms with van der Waals surface area (Å²) in [7, 11) is 0. The van der Waals surface area contributed by atoms with Crippen LogP contribution in [0.5, 0.6) is 0 Å². The molecule has 0 saturated heterocycles. The van der Waals surface area contributed by atoms with E-state index in [9.17, 15) is 4.39 Å². The molecule has 54 valence electrons. The molecule has 1 aromatic carbocycles. The first kappa shape index (κ1) is 8.74. The molecule has 1 aromatic rings. The highest BCUT2D eigenvalue weighted by Crippen LogP contribution is 2.28. The van der Waals surface area contributed by atoms with Crippen LogP contribution in [0.2, 0.25) is 5.02 Å². The molecule has 0 nitrogen and oxygen atoms in total. The molecule has 0 aliphatic heterocycles. The molecule has 0 heterocycles. The van der Waals surface area contributed by atoms with Crippen LogP contribution in [0.3, 0.4) is 0 Å². The molecule has 1 rings (SSSR count). The smallest absolute Gasteiger partial charge is 0.125 e.